The number of carboxylic acid groups (broad SMARTS) is 1. The largest absolute Gasteiger partial charge is 0.491 e. The maximum Gasteiger partial charge on any atom is 0.335 e. The summed E-state index contributed by atoms with van der Waals surface area (Å²) >= 11 is 0. The van der Waals surface area contributed by atoms with Gasteiger partial charge < -0.3 is 14.6 Å². The molecular formula is C16H16O4. The Morgan fingerprint density at radius 3 is 2.40 bits per heavy atom. The molecule has 0 amide bonds. The molecule has 0 aromatic heterocycles. The van der Waals surface area contributed by atoms with E-state index in [1.165, 1.54) is 0 Å². The fourth-order valence-corrected chi connectivity index (χ4v) is 1.86. The van der Waals surface area contributed by atoms with Crippen LogP contribution in [0.5, 0.6) is 5.75 Å². The lowest BCUT2D eigenvalue weighted by molar-refractivity contribution is 0.0697. The maximum atomic E-state index is 10.9. The zero-order chi connectivity index (χ0) is 14.4. The van der Waals surface area contributed by atoms with E-state index in [-0.39, 0.29) is 5.56 Å². The molecule has 0 spiro atoms. The number of aromatic carboxylic acids is 1. The van der Waals surface area contributed by atoms with E-state index in [0.717, 1.165) is 16.9 Å². The van der Waals surface area contributed by atoms with Gasteiger partial charge in [-0.05, 0) is 23.8 Å². The van der Waals surface area contributed by atoms with Crippen molar-refractivity contribution >= 4 is 5.97 Å². The molecular weight excluding hydrogens is 256 g/mol. The monoisotopic (exact) mass is 272 g/mol. The summed E-state index contributed by atoms with van der Waals surface area (Å²) in [4.78, 5) is 10.9. The number of benzene rings is 2. The lowest BCUT2D eigenvalue weighted by Gasteiger charge is -2.11. The van der Waals surface area contributed by atoms with Gasteiger partial charge in [0.1, 0.15) is 12.4 Å². The average molecular weight is 272 g/mol. The van der Waals surface area contributed by atoms with Crippen LogP contribution in [0.15, 0.2) is 48.5 Å². The fraction of sp³-hybridized carbons (Fsp3) is 0.188. The molecule has 0 aliphatic rings. The van der Waals surface area contributed by atoms with Gasteiger partial charge >= 0.3 is 5.97 Å². The Balaban J connectivity index is 2.25. The highest BCUT2D eigenvalue weighted by atomic mass is 16.5. The Morgan fingerprint density at radius 1 is 1.05 bits per heavy atom. The highest BCUT2D eigenvalue weighted by Crippen LogP contribution is 2.29. The predicted octanol–water partition coefficient (Wildman–Crippen LogP) is 3.08. The van der Waals surface area contributed by atoms with Gasteiger partial charge in [0, 0.05) is 12.7 Å². The van der Waals surface area contributed by atoms with E-state index in [4.69, 9.17) is 14.6 Å². The van der Waals surface area contributed by atoms with Gasteiger partial charge in [-0.25, -0.2) is 4.79 Å². The van der Waals surface area contributed by atoms with Crippen molar-refractivity contribution in [3.63, 3.8) is 0 Å². The molecule has 2 aromatic carbocycles. The minimum atomic E-state index is -0.929. The van der Waals surface area contributed by atoms with E-state index < -0.39 is 5.97 Å². The molecule has 1 N–H and O–H groups in total. The van der Waals surface area contributed by atoms with Gasteiger partial charge in [0.2, 0.25) is 0 Å². The zero-order valence-electron chi connectivity index (χ0n) is 11.2. The Bertz CT molecular complexity index is 575. The summed E-state index contributed by atoms with van der Waals surface area (Å²) in [6, 6.07) is 14.4. The Kier molecular flexibility index (Phi) is 4.74. The number of ether oxygens (including phenoxy) is 2. The van der Waals surface area contributed by atoms with E-state index in [1.54, 1.807) is 31.4 Å². The fourth-order valence-electron chi connectivity index (χ4n) is 1.86. The standard InChI is InChI=1S/C16H16O4/c1-19-10-11-20-15-5-3-2-4-14(15)12-6-8-13(9-7-12)16(17)18/h2-9H,10-11H2,1H3,(H,17,18). The zero-order valence-corrected chi connectivity index (χ0v) is 11.2. The lowest BCUT2D eigenvalue weighted by Crippen LogP contribution is -2.05. The summed E-state index contributed by atoms with van der Waals surface area (Å²) in [7, 11) is 1.62. The van der Waals surface area contributed by atoms with Crippen molar-refractivity contribution in [2.75, 3.05) is 20.3 Å². The van der Waals surface area contributed by atoms with E-state index in [2.05, 4.69) is 0 Å². The summed E-state index contributed by atoms with van der Waals surface area (Å²) in [5.74, 6) is -0.172. The molecule has 0 aliphatic carbocycles. The molecule has 0 heterocycles. The van der Waals surface area contributed by atoms with E-state index in [0.29, 0.717) is 13.2 Å². The molecule has 4 nitrogen and oxygen atoms in total. The molecule has 0 radical (unpaired) electrons. The first kappa shape index (κ1) is 14.1. The van der Waals surface area contributed by atoms with Crippen molar-refractivity contribution in [2.45, 2.75) is 0 Å². The minimum Gasteiger partial charge on any atom is -0.491 e. The molecule has 2 aromatic rings. The van der Waals surface area contributed by atoms with Crippen molar-refractivity contribution in [2.24, 2.45) is 0 Å². The predicted molar refractivity (Wildman–Crippen MR) is 76.2 cm³/mol. The second-order valence-corrected chi connectivity index (χ2v) is 4.22. The molecule has 4 heteroatoms. The second-order valence-electron chi connectivity index (χ2n) is 4.22. The van der Waals surface area contributed by atoms with E-state index in [1.807, 2.05) is 24.3 Å². The van der Waals surface area contributed by atoms with Gasteiger partial charge in [0.15, 0.2) is 0 Å². The summed E-state index contributed by atoms with van der Waals surface area (Å²) < 4.78 is 10.6. The van der Waals surface area contributed by atoms with Crippen LogP contribution in [-0.2, 0) is 4.74 Å². The molecule has 104 valence electrons. The van der Waals surface area contributed by atoms with E-state index in [9.17, 15) is 4.79 Å². The normalized spacial score (nSPS) is 10.2. The molecule has 0 atom stereocenters. The Labute approximate surface area is 117 Å². The molecule has 0 saturated heterocycles. The highest BCUT2D eigenvalue weighted by molar-refractivity contribution is 5.88. The SMILES string of the molecule is COCCOc1ccccc1-c1ccc(C(=O)O)cc1. The van der Waals surface area contributed by atoms with Crippen LogP contribution in [0.25, 0.3) is 11.1 Å². The second kappa shape index (κ2) is 6.73. The van der Waals surface area contributed by atoms with Crippen LogP contribution in [0, 0.1) is 0 Å². The van der Waals surface area contributed by atoms with Crippen LogP contribution in [0.3, 0.4) is 0 Å². The topological polar surface area (TPSA) is 55.8 Å². The third kappa shape index (κ3) is 3.36. The highest BCUT2D eigenvalue weighted by Gasteiger charge is 2.07. The number of para-hydroxylation sites is 1. The number of rotatable bonds is 6. The van der Waals surface area contributed by atoms with Gasteiger partial charge in [-0.15, -0.1) is 0 Å². The maximum absolute atomic E-state index is 10.9. The molecule has 0 saturated carbocycles. The number of methoxy groups -OCH3 is 1. The van der Waals surface area contributed by atoms with Crippen molar-refractivity contribution in [3.8, 4) is 16.9 Å². The lowest BCUT2D eigenvalue weighted by atomic mass is 10.0. The molecule has 2 rings (SSSR count). The number of carbonyl (C=O) groups is 1. The van der Waals surface area contributed by atoms with Gasteiger partial charge in [-0.2, -0.15) is 0 Å². The van der Waals surface area contributed by atoms with Crippen LogP contribution >= 0.6 is 0 Å². The molecule has 0 bridgehead atoms. The van der Waals surface area contributed by atoms with Gasteiger partial charge in [-0.1, -0.05) is 30.3 Å². The minimum absolute atomic E-state index is 0.270. The summed E-state index contributed by atoms with van der Waals surface area (Å²) in [5.41, 5.74) is 2.12. The van der Waals surface area contributed by atoms with Gasteiger partial charge in [-0.3, -0.25) is 0 Å². The van der Waals surface area contributed by atoms with Gasteiger partial charge in [0.05, 0.1) is 12.2 Å². The van der Waals surface area contributed by atoms with Crippen molar-refractivity contribution < 1.29 is 19.4 Å². The Morgan fingerprint density at radius 2 is 1.75 bits per heavy atom. The third-order valence-electron chi connectivity index (χ3n) is 2.87. The summed E-state index contributed by atoms with van der Waals surface area (Å²) in [6.07, 6.45) is 0. The average Bonchev–Trinajstić information content (AvgIpc) is 2.48. The van der Waals surface area contributed by atoms with Crippen LogP contribution in [0.1, 0.15) is 10.4 Å². The number of carboxylic acids is 1. The molecule has 0 fully saturated rings. The van der Waals surface area contributed by atoms with Gasteiger partial charge in [0.25, 0.3) is 0 Å². The van der Waals surface area contributed by atoms with Crippen LogP contribution in [0.2, 0.25) is 0 Å². The first-order valence-electron chi connectivity index (χ1n) is 6.27. The van der Waals surface area contributed by atoms with Crippen molar-refractivity contribution in [1.82, 2.24) is 0 Å². The summed E-state index contributed by atoms with van der Waals surface area (Å²) in [6.45, 7) is 0.993. The van der Waals surface area contributed by atoms with Crippen molar-refractivity contribution in [1.29, 1.82) is 0 Å². The number of hydrogen-bond donors (Lipinski definition) is 1. The molecule has 20 heavy (non-hydrogen) atoms. The smallest absolute Gasteiger partial charge is 0.335 e. The van der Waals surface area contributed by atoms with Crippen LogP contribution < -0.4 is 4.74 Å². The van der Waals surface area contributed by atoms with E-state index >= 15 is 0 Å². The molecule has 0 aliphatic heterocycles. The van der Waals surface area contributed by atoms with Crippen LogP contribution in [0.4, 0.5) is 0 Å². The summed E-state index contributed by atoms with van der Waals surface area (Å²) in [5, 5.41) is 8.91. The Hall–Kier alpha value is -2.33. The number of hydrogen-bond acceptors (Lipinski definition) is 3. The quantitative estimate of drug-likeness (QED) is 0.821. The van der Waals surface area contributed by atoms with Crippen molar-refractivity contribution in [3.05, 3.63) is 54.1 Å². The first-order chi connectivity index (χ1) is 9.72. The van der Waals surface area contributed by atoms with Crippen LogP contribution in [-0.4, -0.2) is 31.4 Å². The third-order valence-corrected chi connectivity index (χ3v) is 2.87. The molecule has 0 unspecified atom stereocenters. The first-order valence-corrected chi connectivity index (χ1v) is 6.27.